The minimum atomic E-state index is -1.11. The number of carbonyl (C=O) groups excluding carboxylic acids is 2. The SMILES string of the molecule is O=C(O)[C@@H](CCCCN1C(=O)/C(=C\C=C/c2ccccc2)SC1=S)N1C(=O)/C(=C\C=C\c2ccccc2)SC1=S. The second-order valence-electron chi connectivity index (χ2n) is 8.82. The fourth-order valence-corrected chi connectivity index (χ4v) is 6.63. The van der Waals surface area contributed by atoms with Crippen molar-refractivity contribution < 1.29 is 19.5 Å². The van der Waals surface area contributed by atoms with Crippen LogP contribution in [0, 0.1) is 0 Å². The van der Waals surface area contributed by atoms with E-state index in [1.807, 2.05) is 78.9 Å². The summed E-state index contributed by atoms with van der Waals surface area (Å²) in [6.07, 6.45) is 12.0. The molecule has 2 heterocycles. The first-order valence-electron chi connectivity index (χ1n) is 12.5. The molecule has 4 rings (SSSR count). The van der Waals surface area contributed by atoms with Crippen molar-refractivity contribution in [3.63, 3.8) is 0 Å². The van der Waals surface area contributed by atoms with E-state index in [-0.39, 0.29) is 16.6 Å². The highest BCUT2D eigenvalue weighted by atomic mass is 32.2. The number of thiocarbonyl (C=S) groups is 2. The van der Waals surface area contributed by atoms with Gasteiger partial charge in [0.25, 0.3) is 11.8 Å². The molecule has 2 aromatic rings. The highest BCUT2D eigenvalue weighted by Crippen LogP contribution is 2.34. The summed E-state index contributed by atoms with van der Waals surface area (Å²) in [4.78, 5) is 41.6. The van der Waals surface area contributed by atoms with Crippen molar-refractivity contribution in [2.75, 3.05) is 6.54 Å². The lowest BCUT2D eigenvalue weighted by Crippen LogP contribution is -2.44. The van der Waals surface area contributed by atoms with Gasteiger partial charge >= 0.3 is 5.97 Å². The summed E-state index contributed by atoms with van der Waals surface area (Å²) in [6, 6.07) is 18.3. The van der Waals surface area contributed by atoms with Crippen molar-refractivity contribution in [2.24, 2.45) is 0 Å². The number of carboxylic acid groups (broad SMARTS) is 1. The topological polar surface area (TPSA) is 77.9 Å². The number of unbranched alkanes of at least 4 members (excludes halogenated alkanes) is 1. The number of nitrogens with zero attached hydrogens (tertiary/aromatic N) is 2. The molecule has 0 aromatic heterocycles. The van der Waals surface area contributed by atoms with E-state index in [4.69, 9.17) is 24.4 Å². The third-order valence-corrected chi connectivity index (χ3v) is 8.82. The van der Waals surface area contributed by atoms with E-state index < -0.39 is 17.9 Å². The van der Waals surface area contributed by atoms with Crippen LogP contribution in [-0.2, 0) is 14.4 Å². The van der Waals surface area contributed by atoms with Gasteiger partial charge < -0.3 is 5.11 Å². The van der Waals surface area contributed by atoms with Crippen molar-refractivity contribution in [3.05, 3.63) is 106 Å². The van der Waals surface area contributed by atoms with E-state index in [0.29, 0.717) is 33.5 Å². The Morgan fingerprint density at radius 2 is 1.32 bits per heavy atom. The number of hydrogen-bond donors (Lipinski definition) is 1. The van der Waals surface area contributed by atoms with Gasteiger partial charge in [-0.1, -0.05) is 133 Å². The van der Waals surface area contributed by atoms with Crippen LogP contribution < -0.4 is 0 Å². The third-order valence-electron chi connectivity index (χ3n) is 6.07. The largest absolute Gasteiger partial charge is 0.480 e. The average molecular weight is 607 g/mol. The molecule has 0 aliphatic carbocycles. The van der Waals surface area contributed by atoms with Gasteiger partial charge in [0.15, 0.2) is 0 Å². The summed E-state index contributed by atoms with van der Waals surface area (Å²) in [5.74, 6) is -1.69. The molecule has 2 amide bonds. The van der Waals surface area contributed by atoms with Crippen molar-refractivity contribution >= 4 is 86.5 Å². The van der Waals surface area contributed by atoms with Gasteiger partial charge in [0, 0.05) is 6.54 Å². The predicted octanol–water partition coefficient (Wildman–Crippen LogP) is 6.53. The maximum Gasteiger partial charge on any atom is 0.326 e. The Morgan fingerprint density at radius 1 is 0.800 bits per heavy atom. The summed E-state index contributed by atoms with van der Waals surface area (Å²) in [5.41, 5.74) is 2.01. The monoisotopic (exact) mass is 606 g/mol. The van der Waals surface area contributed by atoms with Crippen LogP contribution in [0.4, 0.5) is 0 Å². The first kappa shape index (κ1) is 29.7. The summed E-state index contributed by atoms with van der Waals surface area (Å²) in [6.45, 7) is 0.374. The molecule has 1 atom stereocenters. The molecule has 2 aliphatic heterocycles. The molecule has 0 bridgehead atoms. The molecule has 2 fully saturated rings. The molecular weight excluding hydrogens is 581 g/mol. The van der Waals surface area contributed by atoms with E-state index >= 15 is 0 Å². The molecule has 0 spiro atoms. The highest BCUT2D eigenvalue weighted by Gasteiger charge is 2.40. The number of carboxylic acids is 1. The lowest BCUT2D eigenvalue weighted by Gasteiger charge is -2.23. The smallest absolute Gasteiger partial charge is 0.326 e. The Morgan fingerprint density at radius 3 is 1.88 bits per heavy atom. The number of amides is 2. The maximum absolute atomic E-state index is 13.0. The van der Waals surface area contributed by atoms with Gasteiger partial charge in [-0.25, -0.2) is 4.79 Å². The number of hydrogen-bond acceptors (Lipinski definition) is 7. The van der Waals surface area contributed by atoms with Gasteiger partial charge in [-0.3, -0.25) is 19.4 Å². The molecule has 2 aliphatic rings. The summed E-state index contributed by atoms with van der Waals surface area (Å²) in [5, 5.41) is 9.88. The molecule has 0 unspecified atom stereocenters. The van der Waals surface area contributed by atoms with Crippen LogP contribution >= 0.6 is 48.0 Å². The van der Waals surface area contributed by atoms with Gasteiger partial charge in [-0.05, 0) is 42.5 Å². The van der Waals surface area contributed by atoms with E-state index in [1.165, 1.54) is 16.7 Å². The Balaban J connectivity index is 1.30. The van der Waals surface area contributed by atoms with Crippen LogP contribution in [0.5, 0.6) is 0 Å². The number of benzene rings is 2. The van der Waals surface area contributed by atoms with Gasteiger partial charge in [0.1, 0.15) is 14.7 Å². The van der Waals surface area contributed by atoms with Crippen molar-refractivity contribution in [3.8, 4) is 0 Å². The lowest BCUT2D eigenvalue weighted by atomic mass is 10.1. The zero-order chi connectivity index (χ0) is 28.5. The number of thioether (sulfide) groups is 2. The molecule has 0 radical (unpaired) electrons. The van der Waals surface area contributed by atoms with Crippen LogP contribution in [0.25, 0.3) is 12.2 Å². The Kier molecular flexibility index (Phi) is 10.7. The molecule has 0 saturated carbocycles. The second-order valence-corrected chi connectivity index (χ2v) is 12.2. The number of rotatable bonds is 11. The van der Waals surface area contributed by atoms with Crippen LogP contribution in [0.2, 0.25) is 0 Å². The number of aliphatic carboxylic acids is 1. The Labute approximate surface area is 252 Å². The van der Waals surface area contributed by atoms with E-state index in [1.54, 1.807) is 23.1 Å². The fraction of sp³-hybridized carbons (Fsp3) is 0.167. The zero-order valence-electron chi connectivity index (χ0n) is 21.3. The second kappa shape index (κ2) is 14.4. The number of allylic oxidation sites excluding steroid dienone is 4. The molecule has 204 valence electrons. The average Bonchev–Trinajstić information content (AvgIpc) is 3.38. The van der Waals surface area contributed by atoms with Crippen LogP contribution in [0.1, 0.15) is 30.4 Å². The van der Waals surface area contributed by atoms with Gasteiger partial charge in [0.05, 0.1) is 9.81 Å². The molecule has 10 heteroatoms. The molecule has 2 saturated heterocycles. The predicted molar refractivity (Wildman–Crippen MR) is 171 cm³/mol. The zero-order valence-corrected chi connectivity index (χ0v) is 24.6. The molecule has 6 nitrogen and oxygen atoms in total. The van der Waals surface area contributed by atoms with Crippen molar-refractivity contribution in [1.82, 2.24) is 9.80 Å². The minimum Gasteiger partial charge on any atom is -0.480 e. The van der Waals surface area contributed by atoms with Crippen LogP contribution in [0.15, 0.2) is 94.8 Å². The van der Waals surface area contributed by atoms with Gasteiger partial charge in [0.2, 0.25) is 0 Å². The molecule has 1 N–H and O–H groups in total. The summed E-state index contributed by atoms with van der Waals surface area (Å²) < 4.78 is 0.701. The first-order chi connectivity index (χ1) is 19.3. The lowest BCUT2D eigenvalue weighted by molar-refractivity contribution is -0.145. The van der Waals surface area contributed by atoms with Gasteiger partial charge in [-0.15, -0.1) is 0 Å². The maximum atomic E-state index is 13.0. The standard InChI is InChI=1S/C30H26N2O4S4/c33-26-24(18-9-15-21-11-3-1-4-12-21)39-29(37)31(26)20-8-7-17-23(28(35)36)32-27(34)25(40-30(32)38)19-10-16-22-13-5-2-6-14-22/h1-6,9-16,18-19,23H,7-8,17,20H2,(H,35,36)/b15-9-,16-10+,24-18+,25-19+/t23-/m1/s1. The fourth-order valence-electron chi connectivity index (χ4n) is 4.06. The minimum absolute atomic E-state index is 0.159. The summed E-state index contributed by atoms with van der Waals surface area (Å²) >= 11 is 13.1. The molecule has 40 heavy (non-hydrogen) atoms. The van der Waals surface area contributed by atoms with E-state index in [0.717, 1.165) is 22.9 Å². The molecule has 2 aromatic carbocycles. The van der Waals surface area contributed by atoms with Crippen LogP contribution in [-0.4, -0.2) is 53.9 Å². The van der Waals surface area contributed by atoms with Crippen molar-refractivity contribution in [2.45, 2.75) is 25.3 Å². The highest BCUT2D eigenvalue weighted by molar-refractivity contribution is 8.27. The normalized spacial score (nSPS) is 18.8. The van der Waals surface area contributed by atoms with Gasteiger partial charge in [-0.2, -0.15) is 0 Å². The summed E-state index contributed by atoms with van der Waals surface area (Å²) in [7, 11) is 0. The Bertz CT molecular complexity index is 1420. The third kappa shape index (κ3) is 7.66. The van der Waals surface area contributed by atoms with Crippen molar-refractivity contribution in [1.29, 1.82) is 0 Å². The number of carbonyl (C=O) groups is 3. The quantitative estimate of drug-likeness (QED) is 0.176. The van der Waals surface area contributed by atoms with E-state index in [2.05, 4.69) is 0 Å². The first-order valence-corrected chi connectivity index (χ1v) is 15.0. The molecular formula is C30H26N2O4S4. The Hall–Kier alpha value is -3.31. The van der Waals surface area contributed by atoms with E-state index in [9.17, 15) is 19.5 Å². The van der Waals surface area contributed by atoms with Crippen LogP contribution in [0.3, 0.4) is 0 Å².